The van der Waals surface area contributed by atoms with Gasteiger partial charge in [-0.1, -0.05) is 52.2 Å². The highest BCUT2D eigenvalue weighted by molar-refractivity contribution is 6.01. The topological polar surface area (TPSA) is 47.6 Å². The lowest BCUT2D eigenvalue weighted by Gasteiger charge is -2.26. The molecule has 0 N–H and O–H groups in total. The number of halogens is 2. The van der Waals surface area contributed by atoms with Crippen LogP contribution in [0.3, 0.4) is 0 Å². The summed E-state index contributed by atoms with van der Waals surface area (Å²) in [5, 5.41) is 20.8. The lowest BCUT2D eigenvalue weighted by Crippen LogP contribution is -2.17. The van der Waals surface area contributed by atoms with Gasteiger partial charge in [0.15, 0.2) is 0 Å². The van der Waals surface area contributed by atoms with Crippen molar-refractivity contribution in [1.29, 1.82) is 10.5 Å². The Bertz CT molecular complexity index is 1160. The zero-order valence-corrected chi connectivity index (χ0v) is 17.5. The third-order valence-corrected chi connectivity index (χ3v) is 5.71. The normalized spacial score (nSPS) is 11.3. The van der Waals surface area contributed by atoms with E-state index in [1.54, 1.807) is 6.07 Å². The van der Waals surface area contributed by atoms with Crippen molar-refractivity contribution in [2.45, 2.75) is 51.9 Å². The average Bonchev–Trinajstić information content (AvgIpc) is 2.71. The number of hydrogen-bond donors (Lipinski definition) is 0. The molecule has 30 heavy (non-hydrogen) atoms. The van der Waals surface area contributed by atoms with Gasteiger partial charge in [-0.05, 0) is 58.0 Å². The van der Waals surface area contributed by atoms with Crippen molar-refractivity contribution < 1.29 is 8.78 Å². The van der Waals surface area contributed by atoms with Crippen LogP contribution in [0.25, 0.3) is 21.9 Å². The molecule has 0 aliphatic rings. The molecule has 0 aliphatic carbocycles. The highest BCUT2D eigenvalue weighted by Crippen LogP contribution is 2.38. The third-order valence-electron chi connectivity index (χ3n) is 5.71. The average molecular weight is 402 g/mol. The maximum absolute atomic E-state index is 14.0. The van der Waals surface area contributed by atoms with Crippen molar-refractivity contribution in [2.75, 3.05) is 0 Å². The Labute approximate surface area is 176 Å². The maximum Gasteiger partial charge on any atom is 0.126 e. The predicted octanol–water partition coefficient (Wildman–Crippen LogP) is 7.39. The van der Waals surface area contributed by atoms with Gasteiger partial charge < -0.3 is 0 Å². The first-order valence-electron chi connectivity index (χ1n) is 10.2. The number of hydrogen-bond acceptors (Lipinski definition) is 2. The second-order valence-electron chi connectivity index (χ2n) is 8.33. The summed E-state index contributed by atoms with van der Waals surface area (Å²) in [5.74, 6) is -1.44. The van der Waals surface area contributed by atoms with E-state index in [4.69, 9.17) is 0 Å². The summed E-state index contributed by atoms with van der Waals surface area (Å²) in [6.07, 6.45) is 4.43. The van der Waals surface area contributed by atoms with Gasteiger partial charge in [0.25, 0.3) is 0 Å². The fourth-order valence-electron chi connectivity index (χ4n) is 3.98. The van der Waals surface area contributed by atoms with E-state index >= 15 is 0 Å². The van der Waals surface area contributed by atoms with Crippen molar-refractivity contribution in [3.63, 3.8) is 0 Å². The molecule has 0 radical (unpaired) electrons. The molecule has 0 unspecified atom stereocenters. The summed E-state index contributed by atoms with van der Waals surface area (Å²) in [4.78, 5) is 0. The zero-order valence-electron chi connectivity index (χ0n) is 17.5. The molecule has 0 spiro atoms. The maximum atomic E-state index is 14.0. The van der Waals surface area contributed by atoms with E-state index in [1.807, 2.05) is 24.3 Å². The van der Waals surface area contributed by atoms with Crippen LogP contribution in [0.4, 0.5) is 8.78 Å². The van der Waals surface area contributed by atoms with E-state index in [0.717, 1.165) is 48.1 Å². The van der Waals surface area contributed by atoms with Crippen molar-refractivity contribution in [3.8, 4) is 23.3 Å². The Morgan fingerprint density at radius 1 is 0.900 bits per heavy atom. The minimum absolute atomic E-state index is 0.0888. The van der Waals surface area contributed by atoms with Crippen molar-refractivity contribution in [2.24, 2.45) is 0 Å². The molecular weight excluding hydrogens is 378 g/mol. The van der Waals surface area contributed by atoms with E-state index in [1.165, 1.54) is 12.1 Å². The van der Waals surface area contributed by atoms with Crippen LogP contribution in [-0.4, -0.2) is 0 Å². The second kappa shape index (κ2) is 8.64. The lowest BCUT2D eigenvalue weighted by molar-refractivity contribution is 0.450. The van der Waals surface area contributed by atoms with Crippen LogP contribution < -0.4 is 0 Å². The standard InChI is InChI=1S/C26H24F2N2/c1-4-5-6-9-26(2,3)20-8-7-17-10-19(15-29)24(16-30)25(23(17)13-20)18-11-21(27)14-22(28)12-18/h7-8,10-14H,4-6,9H2,1-3H3. The first-order chi connectivity index (χ1) is 14.3. The quantitative estimate of drug-likeness (QED) is 0.404. The van der Waals surface area contributed by atoms with Crippen LogP contribution >= 0.6 is 0 Å². The number of rotatable bonds is 6. The van der Waals surface area contributed by atoms with Crippen LogP contribution in [0.5, 0.6) is 0 Å². The predicted molar refractivity (Wildman–Crippen MR) is 116 cm³/mol. The van der Waals surface area contributed by atoms with Gasteiger partial charge in [-0.25, -0.2) is 8.78 Å². The van der Waals surface area contributed by atoms with Crippen LogP contribution in [0.15, 0.2) is 42.5 Å². The minimum Gasteiger partial charge on any atom is -0.207 e. The molecule has 0 atom stereocenters. The Balaban J connectivity index is 2.31. The lowest BCUT2D eigenvalue weighted by atomic mass is 9.78. The van der Waals surface area contributed by atoms with E-state index in [-0.39, 0.29) is 22.1 Å². The third kappa shape index (κ3) is 4.19. The van der Waals surface area contributed by atoms with Gasteiger partial charge in [0.1, 0.15) is 23.8 Å². The van der Waals surface area contributed by atoms with E-state index in [2.05, 4.69) is 26.8 Å². The minimum atomic E-state index is -0.722. The SMILES string of the molecule is CCCCCC(C)(C)c1ccc2cc(C#N)c(C#N)c(-c3cc(F)cc(F)c3)c2c1. The first kappa shape index (κ1) is 21.5. The fraction of sp³-hybridized carbons (Fsp3) is 0.308. The summed E-state index contributed by atoms with van der Waals surface area (Å²) in [7, 11) is 0. The smallest absolute Gasteiger partial charge is 0.126 e. The molecule has 0 fully saturated rings. The molecule has 152 valence electrons. The van der Waals surface area contributed by atoms with Crippen LogP contribution in [-0.2, 0) is 5.41 Å². The van der Waals surface area contributed by atoms with Gasteiger partial charge >= 0.3 is 0 Å². The summed E-state index contributed by atoms with van der Waals surface area (Å²) in [6.45, 7) is 6.53. The number of nitrogens with zero attached hydrogens (tertiary/aromatic N) is 2. The van der Waals surface area contributed by atoms with Crippen molar-refractivity contribution in [1.82, 2.24) is 0 Å². The van der Waals surface area contributed by atoms with E-state index in [0.29, 0.717) is 5.56 Å². The van der Waals surface area contributed by atoms with Gasteiger partial charge in [-0.3, -0.25) is 0 Å². The molecule has 4 heteroatoms. The second-order valence-corrected chi connectivity index (χ2v) is 8.33. The summed E-state index contributed by atoms with van der Waals surface area (Å²) in [6, 6.07) is 15.0. The van der Waals surface area contributed by atoms with Gasteiger partial charge in [-0.2, -0.15) is 10.5 Å². The first-order valence-corrected chi connectivity index (χ1v) is 10.2. The number of benzene rings is 3. The van der Waals surface area contributed by atoms with Crippen molar-refractivity contribution >= 4 is 10.8 Å². The molecule has 0 bridgehead atoms. The summed E-state index contributed by atoms with van der Waals surface area (Å²) in [5.41, 5.74) is 1.99. The van der Waals surface area contributed by atoms with Crippen molar-refractivity contribution in [3.05, 3.63) is 70.8 Å². The zero-order chi connectivity index (χ0) is 21.9. The summed E-state index contributed by atoms with van der Waals surface area (Å²) < 4.78 is 28.0. The number of nitriles is 2. The molecule has 0 amide bonds. The van der Waals surface area contributed by atoms with Crippen LogP contribution in [0.1, 0.15) is 63.1 Å². The van der Waals surface area contributed by atoms with Crippen LogP contribution in [0.2, 0.25) is 0 Å². The molecular formula is C26H24F2N2. The Morgan fingerprint density at radius 2 is 1.60 bits per heavy atom. The highest BCUT2D eigenvalue weighted by atomic mass is 19.1. The molecule has 3 rings (SSSR count). The van der Waals surface area contributed by atoms with E-state index in [9.17, 15) is 19.3 Å². The molecule has 0 aromatic heterocycles. The Kier molecular flexibility index (Phi) is 6.18. The van der Waals surface area contributed by atoms with E-state index < -0.39 is 11.6 Å². The molecule has 2 nitrogen and oxygen atoms in total. The molecule has 0 saturated carbocycles. The Morgan fingerprint density at radius 3 is 2.20 bits per heavy atom. The number of unbranched alkanes of at least 4 members (excludes halogenated alkanes) is 2. The molecule has 0 aliphatic heterocycles. The van der Waals surface area contributed by atoms with Gasteiger partial charge in [-0.15, -0.1) is 0 Å². The summed E-state index contributed by atoms with van der Waals surface area (Å²) >= 11 is 0. The van der Waals surface area contributed by atoms with Gasteiger partial charge in [0.05, 0.1) is 11.1 Å². The monoisotopic (exact) mass is 402 g/mol. The Hall–Kier alpha value is -3.24. The van der Waals surface area contributed by atoms with Gasteiger partial charge in [0.2, 0.25) is 0 Å². The molecule has 3 aromatic carbocycles. The fourth-order valence-corrected chi connectivity index (χ4v) is 3.98. The highest BCUT2D eigenvalue weighted by Gasteiger charge is 2.23. The van der Waals surface area contributed by atoms with Gasteiger partial charge in [0, 0.05) is 11.6 Å². The molecule has 0 heterocycles. The van der Waals surface area contributed by atoms with Crippen LogP contribution in [0, 0.1) is 34.3 Å². The largest absolute Gasteiger partial charge is 0.207 e. The number of fused-ring (bicyclic) bond motifs is 1. The molecule has 0 saturated heterocycles. The molecule has 3 aromatic rings.